The van der Waals surface area contributed by atoms with Gasteiger partial charge in [0, 0.05) is 25.3 Å². The lowest BCUT2D eigenvalue weighted by Crippen LogP contribution is -2.23. The van der Waals surface area contributed by atoms with E-state index in [-0.39, 0.29) is 22.4 Å². The lowest BCUT2D eigenvalue weighted by molar-refractivity contribution is -0.114. The molecule has 1 heterocycles. The number of carbonyl (C=O) groups excluding carboxylic acids is 1. The van der Waals surface area contributed by atoms with Gasteiger partial charge in [-0.3, -0.25) is 19.4 Å². The Hall–Kier alpha value is -1.07. The highest BCUT2D eigenvalue weighted by Crippen LogP contribution is 2.08. The number of H-pyrrole nitrogens is 1. The molecule has 1 unspecified atom stereocenters. The van der Waals surface area contributed by atoms with E-state index in [1.165, 1.54) is 6.07 Å². The second-order valence-corrected chi connectivity index (χ2v) is 5.58. The minimum absolute atomic E-state index is 0.0251. The molecule has 0 radical (unpaired) electrons. The summed E-state index contributed by atoms with van der Waals surface area (Å²) in [5.74, 6) is 0. The van der Waals surface area contributed by atoms with Crippen molar-refractivity contribution in [2.75, 3.05) is 6.61 Å². The van der Waals surface area contributed by atoms with Crippen LogP contribution in [-0.2, 0) is 15.1 Å². The van der Waals surface area contributed by atoms with Crippen LogP contribution in [0.15, 0.2) is 17.1 Å². The molecule has 0 fully saturated rings. The molecular formula is C13H23ClN2O3. The molecule has 1 aromatic heterocycles. The van der Waals surface area contributed by atoms with Crippen LogP contribution in [0.1, 0.15) is 41.0 Å². The van der Waals surface area contributed by atoms with Gasteiger partial charge in [0.25, 0.3) is 5.56 Å². The quantitative estimate of drug-likeness (QED) is 0.867. The molecule has 110 valence electrons. The molecule has 1 atom stereocenters. The Morgan fingerprint density at radius 2 is 2.11 bits per heavy atom. The molecule has 0 saturated heterocycles. The Kier molecular flexibility index (Phi) is 7.71. The highest BCUT2D eigenvalue weighted by Gasteiger charge is 2.11. The maximum atomic E-state index is 10.7. The standard InChI is InChI=1S/C7H12N2O.C6H11ClO2/c1-7(2,3)9-5-4-6(10)8-9;1-3-9-5(2)4-6(7)8/h4-5H,1-3H3,(H,8,10);5H,3-4H2,1-2H3. The first-order valence-corrected chi connectivity index (χ1v) is 6.62. The van der Waals surface area contributed by atoms with Gasteiger partial charge in [-0.1, -0.05) is 0 Å². The van der Waals surface area contributed by atoms with Crippen molar-refractivity contribution >= 4 is 16.8 Å². The molecule has 1 aromatic rings. The predicted octanol–water partition coefficient (Wildman–Crippen LogP) is 2.50. The number of ether oxygens (including phenoxy) is 1. The van der Waals surface area contributed by atoms with Crippen LogP contribution in [0.25, 0.3) is 0 Å². The van der Waals surface area contributed by atoms with Gasteiger partial charge in [0.15, 0.2) is 0 Å². The topological polar surface area (TPSA) is 64.1 Å². The van der Waals surface area contributed by atoms with Crippen LogP contribution in [0.4, 0.5) is 0 Å². The Morgan fingerprint density at radius 3 is 2.37 bits per heavy atom. The van der Waals surface area contributed by atoms with Crippen molar-refractivity contribution in [2.45, 2.75) is 52.7 Å². The van der Waals surface area contributed by atoms with Crippen molar-refractivity contribution in [1.29, 1.82) is 0 Å². The van der Waals surface area contributed by atoms with Crippen LogP contribution in [0.5, 0.6) is 0 Å². The molecule has 5 nitrogen and oxygen atoms in total. The number of carbonyl (C=O) groups is 1. The molecule has 19 heavy (non-hydrogen) atoms. The Bertz CT molecular complexity index is 432. The molecule has 1 N–H and O–H groups in total. The lowest BCUT2D eigenvalue weighted by atomic mass is 10.1. The summed E-state index contributed by atoms with van der Waals surface area (Å²) in [5.41, 5.74) is -0.0715. The third-order valence-electron chi connectivity index (χ3n) is 2.23. The van der Waals surface area contributed by atoms with Crippen molar-refractivity contribution in [3.63, 3.8) is 0 Å². The van der Waals surface area contributed by atoms with E-state index in [1.807, 2.05) is 34.6 Å². The first kappa shape index (κ1) is 17.9. The summed E-state index contributed by atoms with van der Waals surface area (Å²) in [5, 5.41) is 2.34. The van der Waals surface area contributed by atoms with Crippen LogP contribution in [-0.4, -0.2) is 27.7 Å². The average molecular weight is 291 g/mol. The maximum absolute atomic E-state index is 10.7. The molecular weight excluding hydrogens is 268 g/mol. The van der Waals surface area contributed by atoms with Crippen molar-refractivity contribution in [3.05, 3.63) is 22.6 Å². The van der Waals surface area contributed by atoms with Gasteiger partial charge < -0.3 is 4.74 Å². The van der Waals surface area contributed by atoms with Crippen LogP contribution < -0.4 is 5.56 Å². The summed E-state index contributed by atoms with van der Waals surface area (Å²) in [6.07, 6.45) is 2.01. The number of hydrogen-bond donors (Lipinski definition) is 1. The van der Waals surface area contributed by atoms with E-state index >= 15 is 0 Å². The molecule has 0 aliphatic carbocycles. The van der Waals surface area contributed by atoms with E-state index in [4.69, 9.17) is 16.3 Å². The second kappa shape index (κ2) is 8.17. The highest BCUT2D eigenvalue weighted by atomic mass is 35.5. The van der Waals surface area contributed by atoms with Gasteiger partial charge in [-0.25, -0.2) is 0 Å². The van der Waals surface area contributed by atoms with E-state index in [2.05, 4.69) is 5.10 Å². The molecule has 0 spiro atoms. The van der Waals surface area contributed by atoms with E-state index in [9.17, 15) is 9.59 Å². The maximum Gasteiger partial charge on any atom is 0.264 e. The summed E-state index contributed by atoms with van der Waals surface area (Å²) < 4.78 is 6.83. The highest BCUT2D eigenvalue weighted by molar-refractivity contribution is 6.63. The average Bonchev–Trinajstić information content (AvgIpc) is 2.64. The third-order valence-corrected chi connectivity index (χ3v) is 2.38. The minimum Gasteiger partial charge on any atom is -0.378 e. The number of halogens is 1. The molecule has 0 aromatic carbocycles. The van der Waals surface area contributed by atoms with Gasteiger partial charge in [-0.05, 0) is 46.2 Å². The Balaban J connectivity index is 0.000000344. The first-order chi connectivity index (χ1) is 8.66. The fraction of sp³-hybridized carbons (Fsp3) is 0.692. The Morgan fingerprint density at radius 1 is 1.53 bits per heavy atom. The molecule has 0 aliphatic rings. The van der Waals surface area contributed by atoms with Crippen LogP contribution in [0, 0.1) is 0 Å². The number of hydrogen-bond acceptors (Lipinski definition) is 3. The van der Waals surface area contributed by atoms with Crippen molar-refractivity contribution in [1.82, 2.24) is 9.78 Å². The second-order valence-electron chi connectivity index (χ2n) is 5.16. The van der Waals surface area contributed by atoms with E-state index < -0.39 is 0 Å². The first-order valence-electron chi connectivity index (χ1n) is 6.25. The van der Waals surface area contributed by atoms with Crippen molar-refractivity contribution in [2.24, 2.45) is 0 Å². The SMILES string of the molecule is CC(C)(C)n1ccc(=O)[nH]1.CCOC(C)CC(=O)Cl. The zero-order valence-corrected chi connectivity index (χ0v) is 13.0. The Labute approximate surface area is 118 Å². The van der Waals surface area contributed by atoms with E-state index in [0.29, 0.717) is 13.0 Å². The van der Waals surface area contributed by atoms with Gasteiger partial charge in [0.05, 0.1) is 11.6 Å². The number of rotatable bonds is 4. The normalized spacial score (nSPS) is 12.5. The summed E-state index contributed by atoms with van der Waals surface area (Å²) in [6.45, 7) is 10.4. The summed E-state index contributed by atoms with van der Waals surface area (Å²) in [7, 11) is 0. The summed E-state index contributed by atoms with van der Waals surface area (Å²) in [6, 6.07) is 1.52. The molecule has 0 saturated carbocycles. The van der Waals surface area contributed by atoms with Gasteiger partial charge in [0.1, 0.15) is 0 Å². The fourth-order valence-electron chi connectivity index (χ4n) is 1.30. The monoisotopic (exact) mass is 290 g/mol. The zero-order valence-electron chi connectivity index (χ0n) is 12.2. The molecule has 6 heteroatoms. The minimum atomic E-state index is -0.337. The van der Waals surface area contributed by atoms with Gasteiger partial charge >= 0.3 is 0 Å². The van der Waals surface area contributed by atoms with E-state index in [0.717, 1.165) is 0 Å². The number of nitrogens with zero attached hydrogens (tertiary/aromatic N) is 1. The number of nitrogens with one attached hydrogen (secondary N) is 1. The fourth-order valence-corrected chi connectivity index (χ4v) is 1.51. The summed E-state index contributed by atoms with van der Waals surface area (Å²) >= 11 is 5.09. The van der Waals surface area contributed by atoms with Gasteiger partial charge in [0.2, 0.25) is 5.24 Å². The molecule has 0 bridgehead atoms. The third kappa shape index (κ3) is 8.61. The molecule has 0 aliphatic heterocycles. The smallest absolute Gasteiger partial charge is 0.264 e. The van der Waals surface area contributed by atoms with Gasteiger partial charge in [-0.2, -0.15) is 0 Å². The number of aromatic nitrogens is 2. The lowest BCUT2D eigenvalue weighted by Gasteiger charge is -2.19. The largest absolute Gasteiger partial charge is 0.378 e. The van der Waals surface area contributed by atoms with Crippen LogP contribution >= 0.6 is 11.6 Å². The predicted molar refractivity (Wildman–Crippen MR) is 76.6 cm³/mol. The van der Waals surface area contributed by atoms with E-state index in [1.54, 1.807) is 10.9 Å². The van der Waals surface area contributed by atoms with Crippen LogP contribution in [0.2, 0.25) is 0 Å². The van der Waals surface area contributed by atoms with Crippen LogP contribution in [0.3, 0.4) is 0 Å². The molecule has 1 rings (SSSR count). The van der Waals surface area contributed by atoms with Crippen molar-refractivity contribution in [3.8, 4) is 0 Å². The van der Waals surface area contributed by atoms with Gasteiger partial charge in [-0.15, -0.1) is 0 Å². The molecule has 0 amide bonds. The van der Waals surface area contributed by atoms with Crippen molar-refractivity contribution < 1.29 is 9.53 Å². The summed E-state index contributed by atoms with van der Waals surface area (Å²) in [4.78, 5) is 20.9. The zero-order chi connectivity index (χ0) is 15.1. The number of aromatic amines is 1.